The van der Waals surface area contributed by atoms with Crippen molar-refractivity contribution in [2.24, 2.45) is 5.92 Å². The standard InChI is InChI=1S/C14H16Cl2N2O3/c15-10-2-1-3-11(16)14(10)17-12(19)4-5-18-7-9(8-18)6-13(20)21/h1-3,9H,4-8H2,(H,17,19)(H,20,21). The highest BCUT2D eigenvalue weighted by Crippen LogP contribution is 2.29. The van der Waals surface area contributed by atoms with Crippen LogP contribution in [0.25, 0.3) is 0 Å². The summed E-state index contributed by atoms with van der Waals surface area (Å²) in [6, 6.07) is 5.03. The van der Waals surface area contributed by atoms with E-state index in [0.29, 0.717) is 28.7 Å². The van der Waals surface area contributed by atoms with E-state index in [1.165, 1.54) is 0 Å². The monoisotopic (exact) mass is 330 g/mol. The molecule has 1 aromatic rings. The molecule has 0 saturated carbocycles. The molecule has 1 aliphatic rings. The van der Waals surface area contributed by atoms with E-state index in [0.717, 1.165) is 13.1 Å². The molecule has 1 aliphatic heterocycles. The molecule has 7 heteroatoms. The number of rotatable bonds is 6. The van der Waals surface area contributed by atoms with Crippen molar-refractivity contribution >= 4 is 40.8 Å². The minimum Gasteiger partial charge on any atom is -0.481 e. The molecule has 1 heterocycles. The van der Waals surface area contributed by atoms with Crippen LogP contribution in [-0.4, -0.2) is 41.5 Å². The Morgan fingerprint density at radius 1 is 1.29 bits per heavy atom. The van der Waals surface area contributed by atoms with E-state index in [1.54, 1.807) is 18.2 Å². The summed E-state index contributed by atoms with van der Waals surface area (Å²) in [7, 11) is 0. The molecular formula is C14H16Cl2N2O3. The number of carboxylic acid groups (broad SMARTS) is 1. The number of anilines is 1. The van der Waals surface area contributed by atoms with Gasteiger partial charge in [-0.05, 0) is 18.1 Å². The lowest BCUT2D eigenvalue weighted by atomic mass is 9.96. The van der Waals surface area contributed by atoms with Crippen molar-refractivity contribution in [3.8, 4) is 0 Å². The first-order chi connectivity index (χ1) is 9.95. The summed E-state index contributed by atoms with van der Waals surface area (Å²) in [5.41, 5.74) is 0.429. The van der Waals surface area contributed by atoms with Crippen LogP contribution in [0.2, 0.25) is 10.0 Å². The van der Waals surface area contributed by atoms with Gasteiger partial charge in [0.2, 0.25) is 5.91 Å². The molecule has 5 nitrogen and oxygen atoms in total. The molecule has 2 rings (SSSR count). The lowest BCUT2D eigenvalue weighted by Crippen LogP contribution is -2.48. The van der Waals surface area contributed by atoms with Gasteiger partial charge in [0.05, 0.1) is 22.2 Å². The number of halogens is 2. The Bertz CT molecular complexity index is 525. The van der Waals surface area contributed by atoms with Gasteiger partial charge in [0.1, 0.15) is 0 Å². The third-order valence-corrected chi connectivity index (χ3v) is 4.01. The minimum atomic E-state index is -0.772. The van der Waals surface area contributed by atoms with Crippen LogP contribution in [0.3, 0.4) is 0 Å². The van der Waals surface area contributed by atoms with Crippen molar-refractivity contribution in [3.05, 3.63) is 28.2 Å². The predicted octanol–water partition coefficient (Wildman–Crippen LogP) is 2.73. The summed E-state index contributed by atoms with van der Waals surface area (Å²) < 4.78 is 0. The Balaban J connectivity index is 1.73. The summed E-state index contributed by atoms with van der Waals surface area (Å²) in [6.45, 7) is 2.06. The summed E-state index contributed by atoms with van der Waals surface area (Å²) in [5, 5.41) is 12.2. The van der Waals surface area contributed by atoms with Crippen LogP contribution in [-0.2, 0) is 9.59 Å². The highest BCUT2D eigenvalue weighted by atomic mass is 35.5. The molecular weight excluding hydrogens is 315 g/mol. The van der Waals surface area contributed by atoms with Gasteiger partial charge >= 0.3 is 5.97 Å². The number of nitrogens with zero attached hydrogens (tertiary/aromatic N) is 1. The third-order valence-electron chi connectivity index (χ3n) is 3.38. The SMILES string of the molecule is O=C(O)CC1CN(CCC(=O)Nc2c(Cl)cccc2Cl)C1. The first-order valence-electron chi connectivity index (χ1n) is 6.63. The van der Waals surface area contributed by atoms with Crippen LogP contribution < -0.4 is 5.32 Å². The van der Waals surface area contributed by atoms with Crippen molar-refractivity contribution < 1.29 is 14.7 Å². The van der Waals surface area contributed by atoms with Gasteiger partial charge < -0.3 is 15.3 Å². The number of hydrogen-bond acceptors (Lipinski definition) is 3. The highest BCUT2D eigenvalue weighted by molar-refractivity contribution is 6.39. The van der Waals surface area contributed by atoms with E-state index in [-0.39, 0.29) is 18.2 Å². The van der Waals surface area contributed by atoms with Crippen LogP contribution in [0.5, 0.6) is 0 Å². The fraction of sp³-hybridized carbons (Fsp3) is 0.429. The zero-order valence-electron chi connectivity index (χ0n) is 11.3. The Kier molecular flexibility index (Phi) is 5.45. The van der Waals surface area contributed by atoms with Crippen molar-refractivity contribution in [1.82, 2.24) is 4.90 Å². The van der Waals surface area contributed by atoms with Crippen molar-refractivity contribution in [2.45, 2.75) is 12.8 Å². The van der Waals surface area contributed by atoms with Gasteiger partial charge in [0, 0.05) is 26.1 Å². The van der Waals surface area contributed by atoms with E-state index in [4.69, 9.17) is 28.3 Å². The molecule has 1 aromatic carbocycles. The first-order valence-corrected chi connectivity index (χ1v) is 7.39. The Hall–Kier alpha value is -1.30. The minimum absolute atomic E-state index is 0.160. The topological polar surface area (TPSA) is 69.6 Å². The molecule has 1 fully saturated rings. The lowest BCUT2D eigenvalue weighted by molar-refractivity contribution is -0.139. The molecule has 21 heavy (non-hydrogen) atoms. The number of nitrogens with one attached hydrogen (secondary N) is 1. The number of aliphatic carboxylic acids is 1. The number of benzene rings is 1. The molecule has 2 N–H and O–H groups in total. The van der Waals surface area contributed by atoms with Crippen LogP contribution in [0.1, 0.15) is 12.8 Å². The average molecular weight is 331 g/mol. The molecule has 0 radical (unpaired) electrons. The summed E-state index contributed by atoms with van der Waals surface area (Å²) in [5.74, 6) is -0.735. The summed E-state index contributed by atoms with van der Waals surface area (Å²) in [6.07, 6.45) is 0.513. The first kappa shape index (κ1) is 16.1. The predicted molar refractivity (Wildman–Crippen MR) is 81.9 cm³/mol. The van der Waals surface area contributed by atoms with E-state index >= 15 is 0 Å². The van der Waals surface area contributed by atoms with Gasteiger partial charge in [-0.2, -0.15) is 0 Å². The molecule has 0 unspecified atom stereocenters. The van der Waals surface area contributed by atoms with E-state index < -0.39 is 5.97 Å². The maximum absolute atomic E-state index is 11.9. The van der Waals surface area contributed by atoms with Crippen molar-refractivity contribution in [3.63, 3.8) is 0 Å². The molecule has 0 bridgehead atoms. The second kappa shape index (κ2) is 7.11. The van der Waals surface area contributed by atoms with Gasteiger partial charge in [-0.15, -0.1) is 0 Å². The van der Waals surface area contributed by atoms with Crippen molar-refractivity contribution in [1.29, 1.82) is 0 Å². The number of hydrogen-bond donors (Lipinski definition) is 2. The molecule has 0 aliphatic carbocycles. The van der Waals surface area contributed by atoms with Crippen molar-refractivity contribution in [2.75, 3.05) is 25.0 Å². The van der Waals surface area contributed by atoms with Gasteiger partial charge in [-0.25, -0.2) is 0 Å². The number of carboxylic acids is 1. The quantitative estimate of drug-likeness (QED) is 0.841. The molecule has 0 atom stereocenters. The zero-order chi connectivity index (χ0) is 15.4. The fourth-order valence-electron chi connectivity index (χ4n) is 2.31. The van der Waals surface area contributed by atoms with Gasteiger partial charge in [-0.1, -0.05) is 29.3 Å². The molecule has 0 spiro atoms. The lowest BCUT2D eigenvalue weighted by Gasteiger charge is -2.38. The zero-order valence-corrected chi connectivity index (χ0v) is 12.8. The normalized spacial score (nSPS) is 15.5. The van der Waals surface area contributed by atoms with Gasteiger partial charge in [0.15, 0.2) is 0 Å². The van der Waals surface area contributed by atoms with Crippen LogP contribution in [0.15, 0.2) is 18.2 Å². The Labute approximate surface area is 132 Å². The maximum Gasteiger partial charge on any atom is 0.303 e. The number of carbonyl (C=O) groups is 2. The average Bonchev–Trinajstić information content (AvgIpc) is 2.36. The van der Waals surface area contributed by atoms with E-state index in [9.17, 15) is 9.59 Å². The molecule has 114 valence electrons. The second-order valence-electron chi connectivity index (χ2n) is 5.12. The molecule has 1 amide bonds. The van der Waals surface area contributed by atoms with Crippen LogP contribution in [0, 0.1) is 5.92 Å². The highest BCUT2D eigenvalue weighted by Gasteiger charge is 2.28. The van der Waals surface area contributed by atoms with Gasteiger partial charge in [0.25, 0.3) is 0 Å². The second-order valence-corrected chi connectivity index (χ2v) is 5.93. The number of likely N-dealkylation sites (tertiary alicyclic amines) is 1. The number of amides is 1. The number of para-hydroxylation sites is 1. The Morgan fingerprint density at radius 3 is 2.48 bits per heavy atom. The third kappa shape index (κ3) is 4.59. The molecule has 0 aromatic heterocycles. The number of carbonyl (C=O) groups excluding carboxylic acids is 1. The molecule has 1 saturated heterocycles. The van der Waals surface area contributed by atoms with E-state index in [1.807, 2.05) is 0 Å². The fourth-order valence-corrected chi connectivity index (χ4v) is 2.81. The van der Waals surface area contributed by atoms with Crippen LogP contribution in [0.4, 0.5) is 5.69 Å². The summed E-state index contributed by atoms with van der Waals surface area (Å²) in [4.78, 5) is 24.5. The van der Waals surface area contributed by atoms with E-state index in [2.05, 4.69) is 10.2 Å². The Morgan fingerprint density at radius 2 is 1.90 bits per heavy atom. The smallest absolute Gasteiger partial charge is 0.303 e. The summed E-state index contributed by atoms with van der Waals surface area (Å²) >= 11 is 12.0. The van der Waals surface area contributed by atoms with Gasteiger partial charge in [-0.3, -0.25) is 9.59 Å². The largest absolute Gasteiger partial charge is 0.481 e. The maximum atomic E-state index is 11.9. The van der Waals surface area contributed by atoms with Crippen LogP contribution >= 0.6 is 23.2 Å².